The van der Waals surface area contributed by atoms with Gasteiger partial charge in [0, 0.05) is 23.9 Å². The minimum Gasteiger partial charge on any atom is -0.485 e. The molecule has 2 aromatic heterocycles. The van der Waals surface area contributed by atoms with Crippen LogP contribution >= 0.6 is 11.6 Å². The SMILES string of the molecule is CC1(NC(=O)COc2ccc(Cl)c(F)c2)CC(C)(c2nc(COc3ccnc(C(F)(F)F)c3)no2)C1. The van der Waals surface area contributed by atoms with Gasteiger partial charge in [0.2, 0.25) is 11.7 Å². The molecule has 0 bridgehead atoms. The molecule has 0 unspecified atom stereocenters. The Morgan fingerprint density at radius 2 is 1.89 bits per heavy atom. The average molecular weight is 529 g/mol. The number of rotatable bonds is 8. The number of alkyl halides is 3. The molecule has 36 heavy (non-hydrogen) atoms. The summed E-state index contributed by atoms with van der Waals surface area (Å²) in [7, 11) is 0. The number of hydrogen-bond acceptors (Lipinski definition) is 7. The van der Waals surface area contributed by atoms with Gasteiger partial charge in [-0.25, -0.2) is 4.39 Å². The highest BCUT2D eigenvalue weighted by molar-refractivity contribution is 6.30. The molecule has 0 atom stereocenters. The molecule has 1 aliphatic carbocycles. The Labute approximate surface area is 207 Å². The van der Waals surface area contributed by atoms with Crippen molar-refractivity contribution in [3.8, 4) is 11.5 Å². The van der Waals surface area contributed by atoms with E-state index in [2.05, 4.69) is 20.4 Å². The molecule has 0 aliphatic heterocycles. The molecule has 0 radical (unpaired) electrons. The van der Waals surface area contributed by atoms with E-state index in [0.717, 1.165) is 18.3 Å². The molecule has 8 nitrogen and oxygen atoms in total. The van der Waals surface area contributed by atoms with Crippen LogP contribution in [0, 0.1) is 5.82 Å². The first-order valence-corrected chi connectivity index (χ1v) is 11.1. The van der Waals surface area contributed by atoms with E-state index in [9.17, 15) is 22.4 Å². The van der Waals surface area contributed by atoms with E-state index in [1.165, 1.54) is 18.2 Å². The lowest BCUT2D eigenvalue weighted by molar-refractivity contribution is -0.141. The highest BCUT2D eigenvalue weighted by Crippen LogP contribution is 2.49. The highest BCUT2D eigenvalue weighted by Gasteiger charge is 2.53. The van der Waals surface area contributed by atoms with E-state index in [-0.39, 0.29) is 41.5 Å². The number of carbonyl (C=O) groups excluding carboxylic acids is 1. The number of carbonyl (C=O) groups is 1. The van der Waals surface area contributed by atoms with Gasteiger partial charge in [-0.1, -0.05) is 23.7 Å². The van der Waals surface area contributed by atoms with Crippen molar-refractivity contribution < 1.29 is 36.4 Å². The van der Waals surface area contributed by atoms with Crippen LogP contribution in [0.4, 0.5) is 17.6 Å². The summed E-state index contributed by atoms with van der Waals surface area (Å²) in [6, 6.07) is 5.98. The van der Waals surface area contributed by atoms with Crippen LogP contribution in [0.5, 0.6) is 11.5 Å². The molecular formula is C23H21ClF4N4O4. The van der Waals surface area contributed by atoms with Gasteiger partial charge in [-0.05, 0) is 38.0 Å². The summed E-state index contributed by atoms with van der Waals surface area (Å²) < 4.78 is 67.9. The van der Waals surface area contributed by atoms with Gasteiger partial charge in [-0.3, -0.25) is 9.78 Å². The van der Waals surface area contributed by atoms with Crippen molar-refractivity contribution in [2.45, 2.75) is 50.4 Å². The molecule has 1 N–H and O–H groups in total. The number of benzene rings is 1. The first-order valence-electron chi connectivity index (χ1n) is 10.7. The number of aromatic nitrogens is 3. The van der Waals surface area contributed by atoms with E-state index >= 15 is 0 Å². The van der Waals surface area contributed by atoms with Gasteiger partial charge in [-0.15, -0.1) is 0 Å². The van der Waals surface area contributed by atoms with Crippen LogP contribution in [-0.2, 0) is 23.0 Å². The number of halogens is 5. The molecular weight excluding hydrogens is 508 g/mol. The van der Waals surface area contributed by atoms with Crippen LogP contribution in [0.1, 0.15) is 44.1 Å². The van der Waals surface area contributed by atoms with E-state index in [1.807, 2.05) is 13.8 Å². The first kappa shape index (κ1) is 25.7. The van der Waals surface area contributed by atoms with Crippen LogP contribution < -0.4 is 14.8 Å². The predicted octanol–water partition coefficient (Wildman–Crippen LogP) is 4.86. The maximum absolute atomic E-state index is 13.5. The second-order valence-electron chi connectivity index (χ2n) is 9.07. The zero-order valence-electron chi connectivity index (χ0n) is 19.2. The topological polar surface area (TPSA) is 99.4 Å². The Morgan fingerprint density at radius 1 is 1.17 bits per heavy atom. The van der Waals surface area contributed by atoms with Crippen molar-refractivity contribution in [2.75, 3.05) is 6.61 Å². The third-order valence-corrected chi connectivity index (χ3v) is 5.94. The number of ether oxygens (including phenoxy) is 2. The van der Waals surface area contributed by atoms with E-state index in [4.69, 9.17) is 25.6 Å². The summed E-state index contributed by atoms with van der Waals surface area (Å²) in [5, 5.41) is 6.68. The normalized spacial score (nSPS) is 21.5. The van der Waals surface area contributed by atoms with E-state index in [1.54, 1.807) is 0 Å². The number of amides is 1. The summed E-state index contributed by atoms with van der Waals surface area (Å²) in [6.07, 6.45) is -2.60. The molecule has 1 fully saturated rings. The predicted molar refractivity (Wildman–Crippen MR) is 118 cm³/mol. The standard InChI is InChI=1S/C23H21ClF4N4O4/c1-21(11-22(2,12-21)31-19(33)10-35-13-3-4-15(24)16(25)7-13)20-30-18(32-36-20)9-34-14-5-6-29-17(8-14)23(26,27)28/h3-8H,9-12H2,1-2H3,(H,31,33). The van der Waals surface area contributed by atoms with Crippen LogP contribution in [-0.4, -0.2) is 33.2 Å². The highest BCUT2D eigenvalue weighted by atomic mass is 35.5. The van der Waals surface area contributed by atoms with Crippen molar-refractivity contribution in [2.24, 2.45) is 0 Å². The Hall–Kier alpha value is -3.41. The molecule has 4 rings (SSSR count). The minimum absolute atomic E-state index is 0.0302. The van der Waals surface area contributed by atoms with Gasteiger partial charge < -0.3 is 19.3 Å². The van der Waals surface area contributed by atoms with Crippen molar-refractivity contribution >= 4 is 17.5 Å². The van der Waals surface area contributed by atoms with Crippen molar-refractivity contribution in [3.05, 3.63) is 64.8 Å². The van der Waals surface area contributed by atoms with Crippen LogP contribution in [0.15, 0.2) is 41.1 Å². The molecule has 3 aromatic rings. The average Bonchev–Trinajstić information content (AvgIpc) is 3.27. The number of nitrogens with zero attached hydrogens (tertiary/aromatic N) is 3. The molecule has 2 heterocycles. The number of pyridine rings is 1. The van der Waals surface area contributed by atoms with Crippen molar-refractivity contribution in [1.29, 1.82) is 0 Å². The molecule has 1 aromatic carbocycles. The van der Waals surface area contributed by atoms with Gasteiger partial charge in [0.05, 0.1) is 10.4 Å². The monoisotopic (exact) mass is 528 g/mol. The lowest BCUT2D eigenvalue weighted by atomic mass is 9.59. The second-order valence-corrected chi connectivity index (χ2v) is 9.47. The Morgan fingerprint density at radius 3 is 2.58 bits per heavy atom. The van der Waals surface area contributed by atoms with Gasteiger partial charge >= 0.3 is 6.18 Å². The zero-order valence-corrected chi connectivity index (χ0v) is 19.9. The quantitative estimate of drug-likeness (QED) is 0.417. The fraction of sp³-hybridized carbons (Fsp3) is 0.391. The first-order chi connectivity index (χ1) is 16.9. The third kappa shape index (κ3) is 5.86. The molecule has 1 aliphatic rings. The van der Waals surface area contributed by atoms with Crippen molar-refractivity contribution in [3.63, 3.8) is 0 Å². The molecule has 1 saturated carbocycles. The third-order valence-electron chi connectivity index (χ3n) is 5.64. The fourth-order valence-electron chi connectivity index (χ4n) is 4.36. The Balaban J connectivity index is 1.28. The summed E-state index contributed by atoms with van der Waals surface area (Å²) >= 11 is 5.63. The van der Waals surface area contributed by atoms with Crippen LogP contribution in [0.2, 0.25) is 5.02 Å². The number of nitrogens with one attached hydrogen (secondary N) is 1. The lowest BCUT2D eigenvalue weighted by Crippen LogP contribution is -2.61. The zero-order chi connectivity index (χ0) is 26.1. The molecule has 192 valence electrons. The van der Waals surface area contributed by atoms with Gasteiger partial charge in [0.15, 0.2) is 13.2 Å². The molecule has 1 amide bonds. The summed E-state index contributed by atoms with van der Waals surface area (Å²) in [6.45, 7) is 3.25. The van der Waals surface area contributed by atoms with Crippen molar-refractivity contribution in [1.82, 2.24) is 20.4 Å². The van der Waals surface area contributed by atoms with Gasteiger partial charge in [0.25, 0.3) is 5.91 Å². The fourth-order valence-corrected chi connectivity index (χ4v) is 4.48. The Bertz CT molecular complexity index is 1260. The Kier molecular flexibility index (Phi) is 6.82. The smallest absolute Gasteiger partial charge is 0.433 e. The van der Waals surface area contributed by atoms with E-state index in [0.29, 0.717) is 18.7 Å². The lowest BCUT2D eigenvalue weighted by Gasteiger charge is -2.51. The summed E-state index contributed by atoms with van der Waals surface area (Å²) in [4.78, 5) is 19.9. The molecule has 0 spiro atoms. The van der Waals surface area contributed by atoms with Crippen LogP contribution in [0.3, 0.4) is 0 Å². The maximum atomic E-state index is 13.5. The molecule has 0 saturated heterocycles. The summed E-state index contributed by atoms with van der Waals surface area (Å²) in [5.41, 5.74) is -2.15. The minimum atomic E-state index is -4.58. The maximum Gasteiger partial charge on any atom is 0.433 e. The van der Waals surface area contributed by atoms with Gasteiger partial charge in [-0.2, -0.15) is 18.2 Å². The largest absolute Gasteiger partial charge is 0.485 e. The van der Waals surface area contributed by atoms with Crippen LogP contribution in [0.25, 0.3) is 0 Å². The van der Waals surface area contributed by atoms with E-state index < -0.39 is 28.6 Å². The molecule has 13 heteroatoms. The number of hydrogen-bond donors (Lipinski definition) is 1. The summed E-state index contributed by atoms with van der Waals surface area (Å²) in [5.74, 6) is -0.392. The van der Waals surface area contributed by atoms with Gasteiger partial charge in [0.1, 0.15) is 23.0 Å². The second kappa shape index (κ2) is 9.57.